The molecule has 8 nitrogen and oxygen atoms in total. The number of furan rings is 1. The molecule has 2 aromatic heterocycles. The predicted octanol–water partition coefficient (Wildman–Crippen LogP) is 3.62. The number of aryl methyl sites for hydroxylation is 1. The highest BCUT2D eigenvalue weighted by atomic mass is 16.3. The molecule has 1 N–H and O–H groups in total. The van der Waals surface area contributed by atoms with Crippen LogP contribution in [0.3, 0.4) is 0 Å². The van der Waals surface area contributed by atoms with E-state index in [-0.39, 0.29) is 17.6 Å². The lowest BCUT2D eigenvalue weighted by atomic mass is 10.1. The van der Waals surface area contributed by atoms with Crippen LogP contribution >= 0.6 is 0 Å². The molecule has 0 aliphatic carbocycles. The third kappa shape index (κ3) is 3.38. The number of carbonyl (C=O) groups is 2. The van der Waals surface area contributed by atoms with Crippen molar-refractivity contribution in [3.8, 4) is 5.69 Å². The molecule has 2 aromatic carbocycles. The molecule has 0 fully saturated rings. The molecule has 0 spiro atoms. The Morgan fingerprint density at radius 1 is 1.03 bits per heavy atom. The van der Waals surface area contributed by atoms with Crippen molar-refractivity contribution >= 4 is 23.2 Å². The molecular formula is C23H19N5O3. The Kier molecular flexibility index (Phi) is 4.59. The Labute approximate surface area is 178 Å². The third-order valence-electron chi connectivity index (χ3n) is 5.31. The predicted molar refractivity (Wildman–Crippen MR) is 115 cm³/mol. The second-order valence-corrected chi connectivity index (χ2v) is 7.28. The highest BCUT2D eigenvalue weighted by Crippen LogP contribution is 2.29. The Bertz CT molecular complexity index is 1270. The number of amides is 2. The highest BCUT2D eigenvalue weighted by Gasteiger charge is 2.25. The zero-order valence-corrected chi connectivity index (χ0v) is 16.8. The molecule has 154 valence electrons. The van der Waals surface area contributed by atoms with Gasteiger partial charge in [-0.2, -0.15) is 0 Å². The summed E-state index contributed by atoms with van der Waals surface area (Å²) >= 11 is 0. The second-order valence-electron chi connectivity index (χ2n) is 7.28. The summed E-state index contributed by atoms with van der Waals surface area (Å²) in [6.07, 6.45) is 3.74. The van der Waals surface area contributed by atoms with Gasteiger partial charge in [-0.05, 0) is 49.4 Å². The molecular weight excluding hydrogens is 394 g/mol. The summed E-state index contributed by atoms with van der Waals surface area (Å²) in [6, 6.07) is 16.3. The zero-order valence-electron chi connectivity index (χ0n) is 16.8. The second kappa shape index (κ2) is 7.56. The van der Waals surface area contributed by atoms with Gasteiger partial charge in [-0.1, -0.05) is 12.1 Å². The number of benzene rings is 2. The number of para-hydroxylation sites is 2. The first-order valence-electron chi connectivity index (χ1n) is 9.87. The molecule has 0 bridgehead atoms. The van der Waals surface area contributed by atoms with Crippen molar-refractivity contribution in [2.45, 2.75) is 13.3 Å². The molecule has 2 amide bonds. The van der Waals surface area contributed by atoms with E-state index in [4.69, 9.17) is 4.42 Å². The van der Waals surface area contributed by atoms with E-state index in [1.807, 2.05) is 28.8 Å². The number of nitrogens with one attached hydrogen (secondary N) is 1. The van der Waals surface area contributed by atoms with Crippen LogP contribution in [0, 0.1) is 6.92 Å². The standard InChI is InChI=1S/C23H19N5O3/c1-15-11-13-31-21(15)22(29)25-17-8-6-16(7-9-17)23(30)27-12-10-20-26-24-14-28(20)19-5-3-2-4-18(19)27/h2-9,11,13-14H,10,12H2,1H3,(H,25,29). The molecule has 4 aromatic rings. The van der Waals surface area contributed by atoms with Crippen molar-refractivity contribution in [1.82, 2.24) is 14.8 Å². The van der Waals surface area contributed by atoms with Gasteiger partial charge in [0, 0.05) is 29.8 Å². The van der Waals surface area contributed by atoms with E-state index in [1.165, 1.54) is 6.26 Å². The van der Waals surface area contributed by atoms with E-state index in [0.717, 1.165) is 22.8 Å². The minimum Gasteiger partial charge on any atom is -0.459 e. The lowest BCUT2D eigenvalue weighted by Gasteiger charge is -2.22. The number of rotatable bonds is 3. The summed E-state index contributed by atoms with van der Waals surface area (Å²) in [7, 11) is 0. The largest absolute Gasteiger partial charge is 0.459 e. The molecule has 0 saturated heterocycles. The number of aromatic nitrogens is 3. The lowest BCUT2D eigenvalue weighted by molar-refractivity contribution is 0.0984. The van der Waals surface area contributed by atoms with Gasteiger partial charge >= 0.3 is 0 Å². The number of hydrogen-bond acceptors (Lipinski definition) is 5. The van der Waals surface area contributed by atoms with Crippen LogP contribution in [-0.4, -0.2) is 33.1 Å². The smallest absolute Gasteiger partial charge is 0.291 e. The topological polar surface area (TPSA) is 93.3 Å². The van der Waals surface area contributed by atoms with E-state index in [2.05, 4.69) is 15.5 Å². The van der Waals surface area contributed by atoms with Crippen molar-refractivity contribution < 1.29 is 14.0 Å². The fourth-order valence-electron chi connectivity index (χ4n) is 3.72. The molecule has 31 heavy (non-hydrogen) atoms. The Morgan fingerprint density at radius 3 is 2.55 bits per heavy atom. The summed E-state index contributed by atoms with van der Waals surface area (Å²) in [6.45, 7) is 2.30. The van der Waals surface area contributed by atoms with Crippen molar-refractivity contribution in [1.29, 1.82) is 0 Å². The van der Waals surface area contributed by atoms with Gasteiger partial charge in [0.25, 0.3) is 11.8 Å². The van der Waals surface area contributed by atoms with Gasteiger partial charge < -0.3 is 14.6 Å². The Balaban J connectivity index is 1.39. The van der Waals surface area contributed by atoms with Gasteiger partial charge in [0.2, 0.25) is 0 Å². The fourth-order valence-corrected chi connectivity index (χ4v) is 3.72. The fraction of sp³-hybridized carbons (Fsp3) is 0.130. The average molecular weight is 413 g/mol. The van der Waals surface area contributed by atoms with E-state index < -0.39 is 0 Å². The molecule has 5 rings (SSSR count). The van der Waals surface area contributed by atoms with Gasteiger partial charge in [0.1, 0.15) is 12.2 Å². The van der Waals surface area contributed by atoms with Crippen molar-refractivity contribution in [2.24, 2.45) is 0 Å². The van der Waals surface area contributed by atoms with Gasteiger partial charge in [-0.3, -0.25) is 14.2 Å². The number of carbonyl (C=O) groups excluding carboxylic acids is 2. The van der Waals surface area contributed by atoms with Crippen LogP contribution in [0.2, 0.25) is 0 Å². The molecule has 0 unspecified atom stereocenters. The van der Waals surface area contributed by atoms with Gasteiger partial charge in [-0.15, -0.1) is 10.2 Å². The summed E-state index contributed by atoms with van der Waals surface area (Å²) in [4.78, 5) is 27.4. The average Bonchev–Trinajstić information content (AvgIpc) is 3.40. The maximum absolute atomic E-state index is 13.3. The normalized spacial score (nSPS) is 12.6. The molecule has 0 radical (unpaired) electrons. The maximum atomic E-state index is 13.3. The summed E-state index contributed by atoms with van der Waals surface area (Å²) in [5.74, 6) is 0.638. The van der Waals surface area contributed by atoms with Crippen molar-refractivity contribution in [3.05, 3.63) is 89.9 Å². The first kappa shape index (κ1) is 18.8. The van der Waals surface area contributed by atoms with Crippen LogP contribution in [-0.2, 0) is 6.42 Å². The van der Waals surface area contributed by atoms with E-state index in [0.29, 0.717) is 24.2 Å². The van der Waals surface area contributed by atoms with Crippen LogP contribution in [0.15, 0.2) is 71.6 Å². The minimum atomic E-state index is -0.328. The number of nitrogens with zero attached hydrogens (tertiary/aromatic N) is 4. The van der Waals surface area contributed by atoms with Gasteiger partial charge in [0.15, 0.2) is 5.76 Å². The first-order chi connectivity index (χ1) is 15.1. The first-order valence-corrected chi connectivity index (χ1v) is 9.87. The highest BCUT2D eigenvalue weighted by molar-refractivity contribution is 6.08. The van der Waals surface area contributed by atoms with Crippen LogP contribution in [0.25, 0.3) is 5.69 Å². The van der Waals surface area contributed by atoms with Gasteiger partial charge in [0.05, 0.1) is 17.6 Å². The summed E-state index contributed by atoms with van der Waals surface area (Å²) < 4.78 is 7.13. The third-order valence-corrected chi connectivity index (χ3v) is 5.31. The summed E-state index contributed by atoms with van der Waals surface area (Å²) in [5.41, 5.74) is 3.54. The van der Waals surface area contributed by atoms with Crippen LogP contribution in [0.1, 0.15) is 32.3 Å². The van der Waals surface area contributed by atoms with Crippen molar-refractivity contribution in [3.63, 3.8) is 0 Å². The number of anilines is 2. The van der Waals surface area contributed by atoms with E-state index in [9.17, 15) is 9.59 Å². The van der Waals surface area contributed by atoms with Crippen LogP contribution < -0.4 is 10.2 Å². The van der Waals surface area contributed by atoms with E-state index >= 15 is 0 Å². The minimum absolute atomic E-state index is 0.120. The maximum Gasteiger partial charge on any atom is 0.291 e. The molecule has 3 heterocycles. The number of hydrogen-bond donors (Lipinski definition) is 1. The molecule has 0 saturated carbocycles. The Hall–Kier alpha value is -4.20. The monoisotopic (exact) mass is 413 g/mol. The molecule has 1 aliphatic heterocycles. The van der Waals surface area contributed by atoms with E-state index in [1.54, 1.807) is 48.5 Å². The SMILES string of the molecule is Cc1ccoc1C(=O)Nc1ccc(C(=O)N2CCc3nncn3-c3ccccc32)cc1. The molecule has 8 heteroatoms. The van der Waals surface area contributed by atoms with Crippen LogP contribution in [0.4, 0.5) is 11.4 Å². The summed E-state index contributed by atoms with van der Waals surface area (Å²) in [5, 5.41) is 11.0. The zero-order chi connectivity index (χ0) is 21.4. The molecule has 0 atom stereocenters. The quantitative estimate of drug-likeness (QED) is 0.554. The van der Waals surface area contributed by atoms with Crippen molar-refractivity contribution in [2.75, 3.05) is 16.8 Å². The lowest BCUT2D eigenvalue weighted by Crippen LogP contribution is -2.32. The Morgan fingerprint density at radius 2 is 1.81 bits per heavy atom. The van der Waals surface area contributed by atoms with Crippen LogP contribution in [0.5, 0.6) is 0 Å². The number of fused-ring (bicyclic) bond motifs is 3. The van der Waals surface area contributed by atoms with Gasteiger partial charge in [-0.25, -0.2) is 0 Å². The molecule has 1 aliphatic rings.